The average molecular weight is 276 g/mol. The van der Waals surface area contributed by atoms with Gasteiger partial charge in [0.1, 0.15) is 0 Å². The van der Waals surface area contributed by atoms with Gasteiger partial charge in [0.2, 0.25) is 5.91 Å². The third-order valence-electron chi connectivity index (χ3n) is 3.72. The Labute approximate surface area is 118 Å². The highest BCUT2D eigenvalue weighted by atomic mass is 16.5. The highest BCUT2D eigenvalue weighted by Gasteiger charge is 2.50. The lowest BCUT2D eigenvalue weighted by Gasteiger charge is -2.15. The Morgan fingerprint density at radius 3 is 2.50 bits per heavy atom. The molecule has 1 amide bonds. The van der Waals surface area contributed by atoms with Gasteiger partial charge in [0.05, 0.1) is 12.5 Å². The number of nitrogens with one attached hydrogen (secondary N) is 1. The van der Waals surface area contributed by atoms with Crippen LogP contribution in [0.5, 0.6) is 0 Å². The SMILES string of the molecule is COC(=O)CCCNC(=O)C1(c2ccc(N)cc2)CC1. The maximum Gasteiger partial charge on any atom is 0.305 e. The molecule has 1 aromatic carbocycles. The Morgan fingerprint density at radius 2 is 1.95 bits per heavy atom. The number of nitrogen functional groups attached to an aromatic ring is 1. The van der Waals surface area contributed by atoms with Gasteiger partial charge in [0.25, 0.3) is 0 Å². The van der Waals surface area contributed by atoms with Crippen molar-refractivity contribution in [1.82, 2.24) is 5.32 Å². The maximum atomic E-state index is 12.3. The molecule has 0 heterocycles. The van der Waals surface area contributed by atoms with Crippen LogP contribution in [0.25, 0.3) is 0 Å². The summed E-state index contributed by atoms with van der Waals surface area (Å²) in [4.78, 5) is 23.2. The van der Waals surface area contributed by atoms with E-state index in [1.54, 1.807) is 0 Å². The third kappa shape index (κ3) is 3.10. The summed E-state index contributed by atoms with van der Waals surface area (Å²) in [6.45, 7) is 0.491. The minimum absolute atomic E-state index is 0.0344. The number of anilines is 1. The molecule has 0 aliphatic heterocycles. The van der Waals surface area contributed by atoms with Crippen molar-refractivity contribution < 1.29 is 14.3 Å². The van der Waals surface area contributed by atoms with E-state index in [9.17, 15) is 9.59 Å². The van der Waals surface area contributed by atoms with Crippen molar-refractivity contribution in [3.05, 3.63) is 29.8 Å². The molecule has 1 fully saturated rings. The Balaban J connectivity index is 1.86. The number of carbonyl (C=O) groups is 2. The van der Waals surface area contributed by atoms with Crippen LogP contribution in [0.4, 0.5) is 5.69 Å². The van der Waals surface area contributed by atoms with E-state index in [2.05, 4.69) is 10.1 Å². The van der Waals surface area contributed by atoms with Crippen molar-refractivity contribution in [2.75, 3.05) is 19.4 Å². The van der Waals surface area contributed by atoms with E-state index < -0.39 is 0 Å². The van der Waals surface area contributed by atoms with E-state index >= 15 is 0 Å². The Kier molecular flexibility index (Phi) is 4.27. The van der Waals surface area contributed by atoms with Crippen LogP contribution in [0, 0.1) is 0 Å². The van der Waals surface area contributed by atoms with Crippen molar-refractivity contribution in [3.8, 4) is 0 Å². The number of nitrogens with two attached hydrogens (primary N) is 1. The second kappa shape index (κ2) is 5.94. The van der Waals surface area contributed by atoms with Gasteiger partial charge in [-0.1, -0.05) is 12.1 Å². The van der Waals surface area contributed by atoms with Crippen molar-refractivity contribution >= 4 is 17.6 Å². The minimum Gasteiger partial charge on any atom is -0.469 e. The first-order chi connectivity index (χ1) is 9.58. The fraction of sp³-hybridized carbons (Fsp3) is 0.467. The summed E-state index contributed by atoms with van der Waals surface area (Å²) >= 11 is 0. The second-order valence-electron chi connectivity index (χ2n) is 5.14. The van der Waals surface area contributed by atoms with Crippen LogP contribution in [-0.4, -0.2) is 25.5 Å². The van der Waals surface area contributed by atoms with E-state index in [0.29, 0.717) is 25.1 Å². The van der Waals surface area contributed by atoms with Gasteiger partial charge >= 0.3 is 5.97 Å². The first kappa shape index (κ1) is 14.4. The molecule has 2 rings (SSSR count). The molecule has 1 aliphatic carbocycles. The molecule has 0 radical (unpaired) electrons. The van der Waals surface area contributed by atoms with Gasteiger partial charge in [-0.3, -0.25) is 9.59 Å². The zero-order valence-corrected chi connectivity index (χ0v) is 11.6. The molecule has 0 unspecified atom stereocenters. The second-order valence-corrected chi connectivity index (χ2v) is 5.14. The van der Waals surface area contributed by atoms with Gasteiger partial charge in [-0.05, 0) is 37.0 Å². The van der Waals surface area contributed by atoms with Crippen molar-refractivity contribution in [2.45, 2.75) is 31.1 Å². The summed E-state index contributed by atoms with van der Waals surface area (Å²) in [6.07, 6.45) is 2.64. The van der Waals surface area contributed by atoms with Crippen LogP contribution in [0.2, 0.25) is 0 Å². The zero-order valence-electron chi connectivity index (χ0n) is 11.6. The molecule has 0 atom stereocenters. The first-order valence-electron chi connectivity index (χ1n) is 6.79. The summed E-state index contributed by atoms with van der Waals surface area (Å²) in [7, 11) is 1.36. The number of rotatable bonds is 6. The quantitative estimate of drug-likeness (QED) is 0.467. The van der Waals surface area contributed by atoms with E-state index in [1.807, 2.05) is 24.3 Å². The van der Waals surface area contributed by atoms with Crippen LogP contribution in [-0.2, 0) is 19.7 Å². The van der Waals surface area contributed by atoms with Gasteiger partial charge < -0.3 is 15.8 Å². The Bertz CT molecular complexity index is 492. The van der Waals surface area contributed by atoms with Crippen molar-refractivity contribution in [1.29, 1.82) is 0 Å². The van der Waals surface area contributed by atoms with Crippen LogP contribution >= 0.6 is 0 Å². The van der Waals surface area contributed by atoms with Gasteiger partial charge in [0.15, 0.2) is 0 Å². The van der Waals surface area contributed by atoms with Crippen molar-refractivity contribution in [3.63, 3.8) is 0 Å². The molecule has 0 aromatic heterocycles. The summed E-state index contributed by atoms with van der Waals surface area (Å²) < 4.78 is 4.55. The number of ether oxygens (including phenoxy) is 1. The van der Waals surface area contributed by atoms with Crippen LogP contribution < -0.4 is 11.1 Å². The van der Waals surface area contributed by atoms with E-state index in [4.69, 9.17) is 5.73 Å². The summed E-state index contributed by atoms with van der Waals surface area (Å²) in [5.74, 6) is -0.217. The number of hydrogen-bond acceptors (Lipinski definition) is 4. The predicted molar refractivity (Wildman–Crippen MR) is 76.0 cm³/mol. The van der Waals surface area contributed by atoms with Gasteiger partial charge in [-0.2, -0.15) is 0 Å². The van der Waals surface area contributed by atoms with Gasteiger partial charge in [-0.25, -0.2) is 0 Å². The molecule has 108 valence electrons. The number of carbonyl (C=O) groups excluding carboxylic acids is 2. The summed E-state index contributed by atoms with van der Waals surface area (Å²) in [6, 6.07) is 7.46. The molecule has 1 aromatic rings. The number of hydrogen-bond donors (Lipinski definition) is 2. The Morgan fingerprint density at radius 1 is 1.30 bits per heavy atom. The fourth-order valence-corrected chi connectivity index (χ4v) is 2.28. The number of benzene rings is 1. The van der Waals surface area contributed by atoms with Crippen molar-refractivity contribution in [2.24, 2.45) is 0 Å². The molecular weight excluding hydrogens is 256 g/mol. The van der Waals surface area contributed by atoms with Gasteiger partial charge in [0, 0.05) is 18.7 Å². The summed E-state index contributed by atoms with van der Waals surface area (Å²) in [5, 5.41) is 2.90. The van der Waals surface area contributed by atoms with E-state index in [1.165, 1.54) is 7.11 Å². The lowest BCUT2D eigenvalue weighted by Crippen LogP contribution is -2.35. The number of amides is 1. The zero-order chi connectivity index (χ0) is 14.6. The molecule has 0 bridgehead atoms. The molecule has 20 heavy (non-hydrogen) atoms. The molecule has 3 N–H and O–H groups in total. The smallest absolute Gasteiger partial charge is 0.305 e. The number of methoxy groups -OCH3 is 1. The average Bonchev–Trinajstić information content (AvgIpc) is 3.25. The monoisotopic (exact) mass is 276 g/mol. The molecule has 0 saturated heterocycles. The predicted octanol–water partition coefficient (Wildman–Crippen LogP) is 1.37. The normalized spacial score (nSPS) is 15.4. The minimum atomic E-state index is -0.390. The van der Waals surface area contributed by atoms with Gasteiger partial charge in [-0.15, -0.1) is 0 Å². The highest BCUT2D eigenvalue weighted by molar-refractivity contribution is 5.91. The van der Waals surface area contributed by atoms with Crippen LogP contribution in [0.3, 0.4) is 0 Å². The third-order valence-corrected chi connectivity index (χ3v) is 3.72. The molecule has 0 spiro atoms. The Hall–Kier alpha value is -2.04. The standard InChI is InChI=1S/C15H20N2O3/c1-20-13(18)3-2-10-17-14(19)15(8-9-15)11-4-6-12(16)7-5-11/h4-7H,2-3,8-10,16H2,1H3,(H,17,19). The van der Waals surface area contributed by atoms with E-state index in [-0.39, 0.29) is 17.3 Å². The molecule has 1 aliphatic rings. The summed E-state index contributed by atoms with van der Waals surface area (Å²) in [5.41, 5.74) is 6.98. The fourth-order valence-electron chi connectivity index (χ4n) is 2.28. The molecule has 5 nitrogen and oxygen atoms in total. The van der Waals surface area contributed by atoms with E-state index in [0.717, 1.165) is 18.4 Å². The molecule has 1 saturated carbocycles. The largest absolute Gasteiger partial charge is 0.469 e. The highest BCUT2D eigenvalue weighted by Crippen LogP contribution is 2.48. The lowest BCUT2D eigenvalue weighted by molar-refractivity contribution is -0.140. The number of esters is 1. The van der Waals surface area contributed by atoms with Crippen LogP contribution in [0.1, 0.15) is 31.2 Å². The molecule has 5 heteroatoms. The lowest BCUT2D eigenvalue weighted by atomic mass is 9.94. The first-order valence-corrected chi connectivity index (χ1v) is 6.79. The molecular formula is C15H20N2O3. The maximum absolute atomic E-state index is 12.3. The topological polar surface area (TPSA) is 81.4 Å². The van der Waals surface area contributed by atoms with Crippen LogP contribution in [0.15, 0.2) is 24.3 Å².